The number of carbonyl (C=O) groups is 3. The number of fused-ring (bicyclic) bond motifs is 3. The molecule has 2 amide bonds. The average Bonchev–Trinajstić information content (AvgIpc) is 3.46. The van der Waals surface area contributed by atoms with Crippen molar-refractivity contribution in [2.24, 2.45) is 0 Å². The number of nitrogens with zero attached hydrogens (tertiary/aromatic N) is 2. The third kappa shape index (κ3) is 5.49. The second-order valence-corrected chi connectivity index (χ2v) is 8.02. The first kappa shape index (κ1) is 24.0. The lowest BCUT2D eigenvalue weighted by Gasteiger charge is -2.17. The van der Waals surface area contributed by atoms with Crippen LogP contribution in [0.15, 0.2) is 61.1 Å². The number of carboxylic acids is 1. The molecule has 0 radical (unpaired) electrons. The summed E-state index contributed by atoms with van der Waals surface area (Å²) in [5.41, 5.74) is 4.44. The number of rotatable bonds is 10. The lowest BCUT2D eigenvalue weighted by atomic mass is 9.98. The lowest BCUT2D eigenvalue weighted by Crippen LogP contribution is -2.44. The first-order chi connectivity index (χ1) is 17.0. The van der Waals surface area contributed by atoms with Gasteiger partial charge >= 0.3 is 12.1 Å². The number of imidazole rings is 1. The van der Waals surface area contributed by atoms with Gasteiger partial charge in [0.15, 0.2) is 11.8 Å². The van der Waals surface area contributed by atoms with Gasteiger partial charge in [-0.3, -0.25) is 4.79 Å². The maximum absolute atomic E-state index is 12.4. The van der Waals surface area contributed by atoms with Crippen LogP contribution in [0.4, 0.5) is 4.79 Å². The molecule has 0 saturated carbocycles. The number of alkyl carbamates (subject to hydrolysis) is 1. The summed E-state index contributed by atoms with van der Waals surface area (Å²) >= 11 is 0. The SMILES string of the molecule is COC(CNC(=O)OCC1c2ccccc2-c2ccccc21)C(=O)NCCn1cnc(C(=O)O)c1. The second kappa shape index (κ2) is 10.8. The number of hydrogen-bond acceptors (Lipinski definition) is 6. The van der Waals surface area contributed by atoms with Crippen molar-refractivity contribution in [2.45, 2.75) is 18.6 Å². The molecule has 3 aromatic rings. The van der Waals surface area contributed by atoms with E-state index in [4.69, 9.17) is 14.6 Å². The predicted molar refractivity (Wildman–Crippen MR) is 126 cm³/mol. The van der Waals surface area contributed by atoms with Crippen LogP contribution in [0.3, 0.4) is 0 Å². The molecular formula is C25H26N4O6. The maximum Gasteiger partial charge on any atom is 0.407 e. The van der Waals surface area contributed by atoms with Crippen molar-refractivity contribution in [1.29, 1.82) is 0 Å². The van der Waals surface area contributed by atoms with Gasteiger partial charge in [0.05, 0.1) is 12.9 Å². The van der Waals surface area contributed by atoms with E-state index < -0.39 is 24.1 Å². The fourth-order valence-electron chi connectivity index (χ4n) is 4.12. The van der Waals surface area contributed by atoms with Crippen molar-refractivity contribution < 1.29 is 29.0 Å². The van der Waals surface area contributed by atoms with Crippen LogP contribution in [0.1, 0.15) is 27.5 Å². The molecule has 182 valence electrons. The Morgan fingerprint density at radius 1 is 1.06 bits per heavy atom. The molecular weight excluding hydrogens is 452 g/mol. The summed E-state index contributed by atoms with van der Waals surface area (Å²) in [6.07, 6.45) is 1.21. The number of amides is 2. The molecule has 35 heavy (non-hydrogen) atoms. The Hall–Kier alpha value is -4.18. The normalized spacial score (nSPS) is 12.9. The van der Waals surface area contributed by atoms with E-state index in [0.29, 0.717) is 6.54 Å². The molecule has 10 heteroatoms. The van der Waals surface area contributed by atoms with Crippen molar-refractivity contribution in [3.05, 3.63) is 77.9 Å². The summed E-state index contributed by atoms with van der Waals surface area (Å²) in [5, 5.41) is 14.2. The Bertz CT molecular complexity index is 1180. The third-order valence-corrected chi connectivity index (χ3v) is 5.87. The number of carboxylic acid groups (broad SMARTS) is 1. The van der Waals surface area contributed by atoms with E-state index in [9.17, 15) is 14.4 Å². The van der Waals surface area contributed by atoms with Gasteiger partial charge in [0.1, 0.15) is 6.61 Å². The molecule has 0 aliphatic heterocycles. The van der Waals surface area contributed by atoms with Gasteiger partial charge in [-0.25, -0.2) is 14.6 Å². The molecule has 1 atom stereocenters. The highest BCUT2D eigenvalue weighted by molar-refractivity contribution is 5.85. The summed E-state index contributed by atoms with van der Waals surface area (Å²) in [4.78, 5) is 39.4. The van der Waals surface area contributed by atoms with Gasteiger partial charge in [-0.2, -0.15) is 0 Å². The first-order valence-electron chi connectivity index (χ1n) is 11.1. The van der Waals surface area contributed by atoms with Crippen LogP contribution in [-0.4, -0.2) is 65.5 Å². The number of methoxy groups -OCH3 is 1. The standard InChI is InChI=1S/C25H26N4O6/c1-34-22(23(30)26-10-11-29-13-21(24(31)32)28-15-29)12-27-25(33)35-14-20-18-8-4-2-6-16(18)17-7-3-5-9-19(17)20/h2-9,13,15,20,22H,10-12,14H2,1H3,(H,26,30)(H,27,33)(H,31,32). The Morgan fingerprint density at radius 2 is 1.71 bits per heavy atom. The van der Waals surface area contributed by atoms with E-state index in [1.54, 1.807) is 4.57 Å². The van der Waals surface area contributed by atoms with Crippen LogP contribution < -0.4 is 10.6 Å². The summed E-state index contributed by atoms with van der Waals surface area (Å²) in [6.45, 7) is 0.682. The van der Waals surface area contributed by atoms with E-state index in [2.05, 4.69) is 27.8 Å². The fraction of sp³-hybridized carbons (Fsp3) is 0.280. The van der Waals surface area contributed by atoms with E-state index in [1.807, 2.05) is 36.4 Å². The Labute approximate surface area is 201 Å². The van der Waals surface area contributed by atoms with E-state index in [0.717, 1.165) is 22.3 Å². The molecule has 1 aromatic heterocycles. The first-order valence-corrected chi connectivity index (χ1v) is 11.1. The van der Waals surface area contributed by atoms with Crippen molar-refractivity contribution in [3.63, 3.8) is 0 Å². The van der Waals surface area contributed by atoms with E-state index in [1.165, 1.54) is 19.6 Å². The van der Waals surface area contributed by atoms with Gasteiger partial charge in [-0.05, 0) is 22.3 Å². The Balaban J connectivity index is 1.24. The minimum Gasteiger partial charge on any atom is -0.476 e. The number of aromatic carboxylic acids is 1. The molecule has 4 rings (SSSR count). The quantitative estimate of drug-likeness (QED) is 0.407. The third-order valence-electron chi connectivity index (χ3n) is 5.87. The zero-order valence-electron chi connectivity index (χ0n) is 19.1. The lowest BCUT2D eigenvalue weighted by molar-refractivity contribution is -0.130. The molecule has 1 heterocycles. The maximum atomic E-state index is 12.4. The minimum absolute atomic E-state index is 0.0560. The topological polar surface area (TPSA) is 132 Å². The molecule has 2 aromatic carbocycles. The number of ether oxygens (including phenoxy) is 2. The van der Waals surface area contributed by atoms with Crippen LogP contribution in [0.5, 0.6) is 0 Å². The van der Waals surface area contributed by atoms with Gasteiger partial charge in [0.25, 0.3) is 5.91 Å². The molecule has 0 spiro atoms. The Morgan fingerprint density at radius 3 is 2.31 bits per heavy atom. The predicted octanol–water partition coefficient (Wildman–Crippen LogP) is 2.25. The molecule has 3 N–H and O–H groups in total. The number of nitrogens with one attached hydrogen (secondary N) is 2. The summed E-state index contributed by atoms with van der Waals surface area (Å²) in [5.74, 6) is -1.59. The summed E-state index contributed by atoms with van der Waals surface area (Å²) in [7, 11) is 1.37. The zero-order chi connectivity index (χ0) is 24.8. The minimum atomic E-state index is -1.12. The second-order valence-electron chi connectivity index (χ2n) is 8.02. The fourth-order valence-corrected chi connectivity index (χ4v) is 4.12. The number of aromatic nitrogens is 2. The van der Waals surface area contributed by atoms with Gasteiger partial charge in [0.2, 0.25) is 0 Å². The van der Waals surface area contributed by atoms with Gasteiger partial charge in [-0.1, -0.05) is 48.5 Å². The highest BCUT2D eigenvalue weighted by Gasteiger charge is 2.29. The summed E-state index contributed by atoms with van der Waals surface area (Å²) in [6, 6.07) is 16.1. The molecule has 1 unspecified atom stereocenters. The van der Waals surface area contributed by atoms with Crippen LogP contribution in [0.25, 0.3) is 11.1 Å². The molecule has 0 saturated heterocycles. The zero-order valence-corrected chi connectivity index (χ0v) is 19.1. The summed E-state index contributed by atoms with van der Waals surface area (Å²) < 4.78 is 12.2. The smallest absolute Gasteiger partial charge is 0.407 e. The highest BCUT2D eigenvalue weighted by Crippen LogP contribution is 2.44. The number of hydrogen-bond donors (Lipinski definition) is 3. The largest absolute Gasteiger partial charge is 0.476 e. The van der Waals surface area contributed by atoms with Crippen molar-refractivity contribution in [2.75, 3.05) is 26.8 Å². The van der Waals surface area contributed by atoms with Gasteiger partial charge < -0.3 is 29.8 Å². The molecule has 10 nitrogen and oxygen atoms in total. The highest BCUT2D eigenvalue weighted by atomic mass is 16.5. The average molecular weight is 479 g/mol. The van der Waals surface area contributed by atoms with Crippen LogP contribution in [0, 0.1) is 0 Å². The molecule has 1 aliphatic carbocycles. The van der Waals surface area contributed by atoms with E-state index in [-0.39, 0.29) is 31.3 Å². The molecule has 0 bridgehead atoms. The molecule has 0 fully saturated rings. The number of carbonyl (C=O) groups excluding carboxylic acids is 2. The Kier molecular flexibility index (Phi) is 7.41. The van der Waals surface area contributed by atoms with Crippen molar-refractivity contribution >= 4 is 18.0 Å². The van der Waals surface area contributed by atoms with Crippen LogP contribution >= 0.6 is 0 Å². The van der Waals surface area contributed by atoms with Gasteiger partial charge in [-0.15, -0.1) is 0 Å². The van der Waals surface area contributed by atoms with Crippen molar-refractivity contribution in [1.82, 2.24) is 20.2 Å². The van der Waals surface area contributed by atoms with Crippen LogP contribution in [0.2, 0.25) is 0 Å². The van der Waals surface area contributed by atoms with Crippen molar-refractivity contribution in [3.8, 4) is 11.1 Å². The van der Waals surface area contributed by atoms with Crippen LogP contribution in [-0.2, 0) is 20.8 Å². The number of benzene rings is 2. The van der Waals surface area contributed by atoms with E-state index >= 15 is 0 Å². The van der Waals surface area contributed by atoms with Gasteiger partial charge in [0, 0.05) is 32.3 Å². The monoisotopic (exact) mass is 478 g/mol. The molecule has 1 aliphatic rings.